The van der Waals surface area contributed by atoms with Crippen LogP contribution in [0.15, 0.2) is 36.5 Å². The second-order valence-corrected chi connectivity index (χ2v) is 19.9. The van der Waals surface area contributed by atoms with Crippen molar-refractivity contribution in [3.05, 3.63) is 36.5 Å². The Morgan fingerprint density at radius 3 is 0.924 bits per heavy atom. The highest BCUT2D eigenvalue weighted by atomic mass is 16.6. The van der Waals surface area contributed by atoms with Gasteiger partial charge < -0.3 is 14.2 Å². The van der Waals surface area contributed by atoms with Crippen molar-refractivity contribution in [2.45, 2.75) is 322 Å². The van der Waals surface area contributed by atoms with Gasteiger partial charge in [0.05, 0.1) is 6.61 Å². The van der Waals surface area contributed by atoms with Gasteiger partial charge in [-0.25, -0.2) is 0 Å². The number of rotatable bonds is 55. The van der Waals surface area contributed by atoms with Crippen molar-refractivity contribution in [1.29, 1.82) is 0 Å². The zero-order valence-electron chi connectivity index (χ0n) is 44.7. The average molecular weight is 928 g/mol. The van der Waals surface area contributed by atoms with E-state index < -0.39 is 6.10 Å². The minimum atomic E-state index is -0.542. The van der Waals surface area contributed by atoms with Crippen LogP contribution in [-0.2, 0) is 23.8 Å². The van der Waals surface area contributed by atoms with E-state index in [9.17, 15) is 9.59 Å². The zero-order valence-corrected chi connectivity index (χ0v) is 44.7. The van der Waals surface area contributed by atoms with Gasteiger partial charge in [-0.2, -0.15) is 0 Å². The molecule has 0 heterocycles. The van der Waals surface area contributed by atoms with Gasteiger partial charge in [0.2, 0.25) is 0 Å². The summed E-state index contributed by atoms with van der Waals surface area (Å²) in [6, 6.07) is 0. The van der Waals surface area contributed by atoms with Crippen molar-refractivity contribution in [2.75, 3.05) is 19.8 Å². The van der Waals surface area contributed by atoms with Crippen LogP contribution in [0.2, 0.25) is 0 Å². The fraction of sp³-hybridized carbons (Fsp3) is 0.869. The number of hydrogen-bond acceptors (Lipinski definition) is 5. The predicted octanol–water partition coefficient (Wildman–Crippen LogP) is 20.1. The van der Waals surface area contributed by atoms with E-state index >= 15 is 0 Å². The molecule has 0 N–H and O–H groups in total. The standard InChI is InChI=1S/C61H114O5/c1-4-7-10-13-16-19-22-25-28-30-31-32-34-36-39-42-45-48-51-54-60(62)65-58-59(57-64-56-53-50-47-44-41-38-35-29-26-23-20-17-14-11-8-5-2)66-61(63)55-52-49-46-43-40-37-33-27-24-21-18-15-12-9-6-3/h25-29,33,59H,4-24,30-32,34-58H2,1-3H3/b28-25-,29-26-,33-27-. The lowest BCUT2D eigenvalue weighted by Crippen LogP contribution is -2.30. The molecule has 0 aliphatic heterocycles. The van der Waals surface area contributed by atoms with Crippen LogP contribution in [0.4, 0.5) is 0 Å². The minimum absolute atomic E-state index is 0.0826. The van der Waals surface area contributed by atoms with Crippen molar-refractivity contribution in [3.63, 3.8) is 0 Å². The highest BCUT2D eigenvalue weighted by molar-refractivity contribution is 5.70. The molecule has 388 valence electrons. The van der Waals surface area contributed by atoms with E-state index in [0.717, 1.165) is 51.4 Å². The number of allylic oxidation sites excluding steroid dienone is 6. The minimum Gasteiger partial charge on any atom is -0.462 e. The van der Waals surface area contributed by atoms with Gasteiger partial charge in [-0.05, 0) is 96.3 Å². The molecule has 0 amide bonds. The molecule has 0 spiro atoms. The third kappa shape index (κ3) is 54.7. The molecule has 0 rings (SSSR count). The highest BCUT2D eigenvalue weighted by Gasteiger charge is 2.17. The third-order valence-corrected chi connectivity index (χ3v) is 13.1. The first kappa shape index (κ1) is 64.1. The van der Waals surface area contributed by atoms with Gasteiger partial charge in [-0.3, -0.25) is 9.59 Å². The normalized spacial score (nSPS) is 12.3. The van der Waals surface area contributed by atoms with Crippen molar-refractivity contribution in [3.8, 4) is 0 Å². The molecule has 66 heavy (non-hydrogen) atoms. The maximum atomic E-state index is 12.9. The number of carbonyl (C=O) groups excluding carboxylic acids is 2. The molecule has 1 atom stereocenters. The topological polar surface area (TPSA) is 61.8 Å². The summed E-state index contributed by atoms with van der Waals surface area (Å²) < 4.78 is 17.5. The van der Waals surface area contributed by atoms with Gasteiger partial charge in [-0.1, -0.05) is 243 Å². The van der Waals surface area contributed by atoms with Crippen LogP contribution in [0, 0.1) is 0 Å². The van der Waals surface area contributed by atoms with Gasteiger partial charge in [0.25, 0.3) is 0 Å². The van der Waals surface area contributed by atoms with Crippen LogP contribution in [0.1, 0.15) is 316 Å². The van der Waals surface area contributed by atoms with E-state index in [2.05, 4.69) is 57.2 Å². The molecule has 0 aliphatic carbocycles. The summed E-state index contributed by atoms with van der Waals surface area (Å²) in [6.07, 6.45) is 70.2. The van der Waals surface area contributed by atoms with Crippen LogP contribution in [-0.4, -0.2) is 37.9 Å². The van der Waals surface area contributed by atoms with E-state index in [4.69, 9.17) is 14.2 Å². The smallest absolute Gasteiger partial charge is 0.306 e. The van der Waals surface area contributed by atoms with E-state index in [-0.39, 0.29) is 25.2 Å². The second kappa shape index (κ2) is 57.4. The molecule has 0 aromatic carbocycles. The van der Waals surface area contributed by atoms with E-state index in [1.165, 1.54) is 231 Å². The maximum absolute atomic E-state index is 12.9. The highest BCUT2D eigenvalue weighted by Crippen LogP contribution is 2.15. The Morgan fingerprint density at radius 1 is 0.318 bits per heavy atom. The van der Waals surface area contributed by atoms with Gasteiger partial charge in [0, 0.05) is 19.4 Å². The monoisotopic (exact) mass is 927 g/mol. The zero-order chi connectivity index (χ0) is 47.7. The van der Waals surface area contributed by atoms with E-state index in [0.29, 0.717) is 19.4 Å². The SMILES string of the molecule is CCCCCCCC/C=C\CCCCCCCCCCCC(=O)OCC(COCCCCCCCC/C=C\CCCCCCCC)OC(=O)CCCCCCC/C=C\CCCCCCCC. The fourth-order valence-electron chi connectivity index (χ4n) is 8.67. The Bertz CT molecular complexity index is 1050. The maximum Gasteiger partial charge on any atom is 0.306 e. The molecule has 1 unspecified atom stereocenters. The molecule has 5 heteroatoms. The summed E-state index contributed by atoms with van der Waals surface area (Å²) in [5, 5.41) is 0. The fourth-order valence-corrected chi connectivity index (χ4v) is 8.67. The predicted molar refractivity (Wildman–Crippen MR) is 288 cm³/mol. The van der Waals surface area contributed by atoms with Crippen molar-refractivity contribution >= 4 is 11.9 Å². The molecule has 0 aromatic heterocycles. The Hall–Kier alpha value is -1.88. The molecule has 0 saturated carbocycles. The van der Waals surface area contributed by atoms with Gasteiger partial charge in [-0.15, -0.1) is 0 Å². The number of esters is 2. The van der Waals surface area contributed by atoms with Crippen molar-refractivity contribution in [1.82, 2.24) is 0 Å². The lowest BCUT2D eigenvalue weighted by atomic mass is 10.1. The van der Waals surface area contributed by atoms with Gasteiger partial charge in [0.1, 0.15) is 6.61 Å². The van der Waals surface area contributed by atoms with Crippen LogP contribution in [0.3, 0.4) is 0 Å². The molecule has 0 radical (unpaired) electrons. The Kier molecular flexibility index (Phi) is 55.8. The number of ether oxygens (including phenoxy) is 3. The Labute approximate surface area is 412 Å². The van der Waals surface area contributed by atoms with Crippen molar-refractivity contribution in [2.24, 2.45) is 0 Å². The average Bonchev–Trinajstić information content (AvgIpc) is 3.32. The van der Waals surface area contributed by atoms with Crippen LogP contribution < -0.4 is 0 Å². The molecule has 0 bridgehead atoms. The summed E-state index contributed by atoms with van der Waals surface area (Å²) in [6.45, 7) is 7.85. The summed E-state index contributed by atoms with van der Waals surface area (Å²) in [4.78, 5) is 25.5. The van der Waals surface area contributed by atoms with E-state index in [1.807, 2.05) is 0 Å². The summed E-state index contributed by atoms with van der Waals surface area (Å²) in [5.74, 6) is -0.396. The Morgan fingerprint density at radius 2 is 0.591 bits per heavy atom. The largest absolute Gasteiger partial charge is 0.462 e. The second-order valence-electron chi connectivity index (χ2n) is 19.9. The number of unbranched alkanes of at least 4 members (excludes halogenated alkanes) is 38. The molecular weight excluding hydrogens is 813 g/mol. The van der Waals surface area contributed by atoms with Gasteiger partial charge in [0.15, 0.2) is 6.10 Å². The van der Waals surface area contributed by atoms with Crippen LogP contribution in [0.25, 0.3) is 0 Å². The quantitative estimate of drug-likeness (QED) is 0.0345. The molecule has 0 saturated heterocycles. The molecule has 0 fully saturated rings. The first-order valence-electron chi connectivity index (χ1n) is 29.5. The van der Waals surface area contributed by atoms with E-state index in [1.54, 1.807) is 0 Å². The Balaban J connectivity index is 4.25. The number of hydrogen-bond donors (Lipinski definition) is 0. The van der Waals surface area contributed by atoms with Crippen molar-refractivity contribution < 1.29 is 23.8 Å². The molecular formula is C61H114O5. The summed E-state index contributed by atoms with van der Waals surface area (Å²) in [7, 11) is 0. The first-order chi connectivity index (χ1) is 32.6. The van der Waals surface area contributed by atoms with Crippen LogP contribution in [0.5, 0.6) is 0 Å². The van der Waals surface area contributed by atoms with Gasteiger partial charge >= 0.3 is 11.9 Å². The molecule has 0 aliphatic rings. The lowest BCUT2D eigenvalue weighted by molar-refractivity contribution is -0.163. The summed E-state index contributed by atoms with van der Waals surface area (Å²) in [5.41, 5.74) is 0. The third-order valence-electron chi connectivity index (χ3n) is 13.1. The molecule has 0 aromatic rings. The number of carbonyl (C=O) groups is 2. The first-order valence-corrected chi connectivity index (χ1v) is 29.5. The lowest BCUT2D eigenvalue weighted by Gasteiger charge is -2.18. The van der Waals surface area contributed by atoms with Crippen LogP contribution >= 0.6 is 0 Å². The molecule has 5 nitrogen and oxygen atoms in total. The summed E-state index contributed by atoms with van der Waals surface area (Å²) >= 11 is 0.